The molecule has 0 spiro atoms. The molecular formula is C31H24O5. The third-order valence-corrected chi connectivity index (χ3v) is 5.99. The maximum atomic E-state index is 13.7. The minimum absolute atomic E-state index is 0.00512. The van der Waals surface area contributed by atoms with Crippen LogP contribution in [-0.2, 0) is 6.61 Å². The van der Waals surface area contributed by atoms with E-state index >= 15 is 0 Å². The van der Waals surface area contributed by atoms with Gasteiger partial charge in [0.25, 0.3) is 0 Å². The zero-order valence-corrected chi connectivity index (χ0v) is 20.0. The molecule has 0 aliphatic rings. The zero-order valence-electron chi connectivity index (χ0n) is 20.0. The van der Waals surface area contributed by atoms with E-state index in [9.17, 15) is 9.59 Å². The number of rotatable bonds is 7. The third kappa shape index (κ3) is 4.64. The topological polar surface area (TPSA) is 65.7 Å². The summed E-state index contributed by atoms with van der Waals surface area (Å²) in [5.41, 5.74) is 3.05. The Balaban J connectivity index is 1.53. The van der Waals surface area contributed by atoms with Crippen LogP contribution in [0.25, 0.3) is 22.3 Å². The lowest BCUT2D eigenvalue weighted by Crippen LogP contribution is -2.18. The summed E-state index contributed by atoms with van der Waals surface area (Å²) in [5, 5.41) is 0.365. The van der Waals surface area contributed by atoms with Gasteiger partial charge < -0.3 is 13.9 Å². The molecule has 0 atom stereocenters. The predicted octanol–water partition coefficient (Wildman–Crippen LogP) is 6.59. The molecule has 0 aliphatic heterocycles. The normalized spacial score (nSPS) is 10.8. The highest BCUT2D eigenvalue weighted by molar-refractivity contribution is 6.13. The number of carbonyl (C=O) groups is 1. The molecule has 178 valence electrons. The lowest BCUT2D eigenvalue weighted by molar-refractivity contribution is 0.103. The van der Waals surface area contributed by atoms with Crippen LogP contribution in [0.1, 0.15) is 27.0 Å². The fourth-order valence-corrected chi connectivity index (χ4v) is 4.04. The quantitative estimate of drug-likeness (QED) is 0.248. The number of carbonyl (C=O) groups excluding carboxylic acids is 1. The van der Waals surface area contributed by atoms with Gasteiger partial charge in [-0.15, -0.1) is 0 Å². The lowest BCUT2D eigenvalue weighted by Gasteiger charge is -2.11. The number of fused-ring (bicyclic) bond motifs is 1. The van der Waals surface area contributed by atoms with Gasteiger partial charge in [-0.05, 0) is 78.7 Å². The second kappa shape index (κ2) is 9.92. The molecule has 0 amide bonds. The van der Waals surface area contributed by atoms with Crippen LogP contribution in [0.3, 0.4) is 0 Å². The van der Waals surface area contributed by atoms with Gasteiger partial charge in [-0.2, -0.15) is 0 Å². The number of aryl methyl sites for hydroxylation is 1. The number of methoxy groups -OCH3 is 1. The SMILES string of the molecule is COc1ccc(-c2oc3cc(C)ccc3c(=O)c2C(=O)c2ccc(OCc3ccccc3)cc2)cc1. The molecule has 0 unspecified atom stereocenters. The third-order valence-electron chi connectivity index (χ3n) is 5.99. The van der Waals surface area contributed by atoms with E-state index in [1.807, 2.05) is 43.3 Å². The minimum atomic E-state index is -0.411. The van der Waals surface area contributed by atoms with Crippen molar-refractivity contribution in [2.45, 2.75) is 13.5 Å². The van der Waals surface area contributed by atoms with Crippen LogP contribution < -0.4 is 14.9 Å². The molecule has 0 N–H and O–H groups in total. The van der Waals surface area contributed by atoms with Crippen molar-refractivity contribution in [3.8, 4) is 22.8 Å². The summed E-state index contributed by atoms with van der Waals surface area (Å²) < 4.78 is 17.3. The summed E-state index contributed by atoms with van der Waals surface area (Å²) in [4.78, 5) is 27.2. The van der Waals surface area contributed by atoms with Crippen molar-refractivity contribution in [1.29, 1.82) is 0 Å². The summed E-state index contributed by atoms with van der Waals surface area (Å²) in [7, 11) is 1.58. The first-order valence-corrected chi connectivity index (χ1v) is 11.6. The van der Waals surface area contributed by atoms with E-state index in [1.165, 1.54) is 0 Å². The first kappa shape index (κ1) is 23.1. The molecule has 5 aromatic rings. The fourth-order valence-electron chi connectivity index (χ4n) is 4.04. The first-order valence-electron chi connectivity index (χ1n) is 11.6. The van der Waals surface area contributed by atoms with E-state index in [0.29, 0.717) is 40.2 Å². The van der Waals surface area contributed by atoms with E-state index in [2.05, 4.69) is 0 Å². The van der Waals surface area contributed by atoms with Crippen molar-refractivity contribution in [3.63, 3.8) is 0 Å². The molecule has 0 saturated heterocycles. The smallest absolute Gasteiger partial charge is 0.204 e. The van der Waals surface area contributed by atoms with Crippen molar-refractivity contribution in [2.24, 2.45) is 0 Å². The predicted molar refractivity (Wildman–Crippen MR) is 140 cm³/mol. The van der Waals surface area contributed by atoms with Gasteiger partial charge in [-0.25, -0.2) is 0 Å². The molecule has 0 aliphatic carbocycles. The Bertz CT molecular complexity index is 1580. The molecule has 0 radical (unpaired) electrons. The Labute approximate surface area is 208 Å². The molecule has 4 aromatic carbocycles. The Morgan fingerprint density at radius 1 is 0.833 bits per heavy atom. The van der Waals surface area contributed by atoms with E-state index < -0.39 is 5.78 Å². The highest BCUT2D eigenvalue weighted by Gasteiger charge is 2.23. The molecule has 5 nitrogen and oxygen atoms in total. The van der Waals surface area contributed by atoms with Crippen LogP contribution in [0.2, 0.25) is 0 Å². The average Bonchev–Trinajstić information content (AvgIpc) is 2.92. The molecule has 0 bridgehead atoms. The van der Waals surface area contributed by atoms with Gasteiger partial charge in [-0.1, -0.05) is 36.4 Å². The molecule has 36 heavy (non-hydrogen) atoms. The van der Waals surface area contributed by atoms with Crippen molar-refractivity contribution >= 4 is 16.8 Å². The molecule has 1 heterocycles. The van der Waals surface area contributed by atoms with Gasteiger partial charge >= 0.3 is 0 Å². The number of ketones is 1. The van der Waals surface area contributed by atoms with E-state index in [-0.39, 0.29) is 16.8 Å². The van der Waals surface area contributed by atoms with E-state index in [1.54, 1.807) is 67.8 Å². The summed E-state index contributed by atoms with van der Waals surface area (Å²) >= 11 is 0. The lowest BCUT2D eigenvalue weighted by atomic mass is 9.97. The largest absolute Gasteiger partial charge is 0.497 e. The van der Waals surface area contributed by atoms with Crippen LogP contribution in [0.5, 0.6) is 11.5 Å². The van der Waals surface area contributed by atoms with Crippen LogP contribution >= 0.6 is 0 Å². The maximum absolute atomic E-state index is 13.7. The van der Waals surface area contributed by atoms with Gasteiger partial charge in [0, 0.05) is 11.1 Å². The van der Waals surface area contributed by atoms with Gasteiger partial charge in [0.2, 0.25) is 11.2 Å². The summed E-state index contributed by atoms with van der Waals surface area (Å²) in [6.45, 7) is 2.34. The number of hydrogen-bond acceptors (Lipinski definition) is 5. The second-order valence-corrected chi connectivity index (χ2v) is 8.49. The summed E-state index contributed by atoms with van der Waals surface area (Å²) in [6.07, 6.45) is 0. The molecule has 5 rings (SSSR count). The molecule has 1 aromatic heterocycles. The van der Waals surface area contributed by atoms with Crippen molar-refractivity contribution < 1.29 is 18.7 Å². The number of hydrogen-bond donors (Lipinski definition) is 0. The summed E-state index contributed by atoms with van der Waals surface area (Å²) in [6, 6.07) is 29.0. The zero-order chi connectivity index (χ0) is 25.1. The standard InChI is InChI=1S/C31H24O5/c1-20-8-17-26-27(18-20)36-31(23-11-13-24(34-2)14-12-23)28(30(26)33)29(32)22-9-15-25(16-10-22)35-19-21-6-4-3-5-7-21/h3-18H,19H2,1-2H3. The Hall–Kier alpha value is -4.64. The molecule has 5 heteroatoms. The monoisotopic (exact) mass is 476 g/mol. The van der Waals surface area contributed by atoms with Crippen LogP contribution in [0.4, 0.5) is 0 Å². The van der Waals surface area contributed by atoms with Gasteiger partial charge in [0.1, 0.15) is 35.0 Å². The van der Waals surface area contributed by atoms with Crippen molar-refractivity contribution in [2.75, 3.05) is 7.11 Å². The van der Waals surface area contributed by atoms with Crippen LogP contribution in [0.15, 0.2) is 106 Å². The first-order chi connectivity index (χ1) is 17.5. The van der Waals surface area contributed by atoms with E-state index in [4.69, 9.17) is 13.9 Å². The second-order valence-electron chi connectivity index (χ2n) is 8.49. The number of benzene rings is 4. The van der Waals surface area contributed by atoms with Crippen LogP contribution in [-0.4, -0.2) is 12.9 Å². The van der Waals surface area contributed by atoms with Gasteiger partial charge in [0.15, 0.2) is 0 Å². The molecule has 0 fully saturated rings. The Morgan fingerprint density at radius 3 is 2.22 bits per heavy atom. The fraction of sp³-hybridized carbons (Fsp3) is 0.0968. The van der Waals surface area contributed by atoms with Gasteiger partial charge in [0.05, 0.1) is 12.5 Å². The molecular weight excluding hydrogens is 452 g/mol. The van der Waals surface area contributed by atoms with E-state index in [0.717, 1.165) is 11.1 Å². The molecule has 0 saturated carbocycles. The number of ether oxygens (including phenoxy) is 2. The Morgan fingerprint density at radius 2 is 1.53 bits per heavy atom. The van der Waals surface area contributed by atoms with Gasteiger partial charge in [-0.3, -0.25) is 9.59 Å². The van der Waals surface area contributed by atoms with Crippen molar-refractivity contribution in [3.05, 3.63) is 130 Å². The highest BCUT2D eigenvalue weighted by atomic mass is 16.5. The summed E-state index contributed by atoms with van der Waals surface area (Å²) in [5.74, 6) is 1.12. The minimum Gasteiger partial charge on any atom is -0.497 e. The van der Waals surface area contributed by atoms with Crippen molar-refractivity contribution in [1.82, 2.24) is 0 Å². The Kier molecular flexibility index (Phi) is 6.37. The average molecular weight is 477 g/mol. The highest BCUT2D eigenvalue weighted by Crippen LogP contribution is 2.30. The van der Waals surface area contributed by atoms with Crippen LogP contribution in [0, 0.1) is 6.92 Å². The maximum Gasteiger partial charge on any atom is 0.204 e.